The highest BCUT2D eigenvalue weighted by Crippen LogP contribution is 2.58. The lowest BCUT2D eigenvalue weighted by molar-refractivity contribution is -0.00348. The van der Waals surface area contributed by atoms with Gasteiger partial charge in [-0.05, 0) is 38.7 Å². The summed E-state index contributed by atoms with van der Waals surface area (Å²) in [5.41, 5.74) is -1.24. The lowest BCUT2D eigenvalue weighted by atomic mass is 9.78. The maximum Gasteiger partial charge on any atom is 0.408 e. The van der Waals surface area contributed by atoms with Crippen LogP contribution in [-0.4, -0.2) is 37.3 Å². The number of fused-ring (bicyclic) bond motifs is 2. The Morgan fingerprint density at radius 1 is 1.45 bits per heavy atom. The zero-order valence-electron chi connectivity index (χ0n) is 11.2. The van der Waals surface area contributed by atoms with Gasteiger partial charge in [-0.1, -0.05) is 0 Å². The monoisotopic (exact) mass is 280 g/mol. The lowest BCUT2D eigenvalue weighted by Gasteiger charge is -2.39. The molecule has 0 aromatic carbocycles. The fourth-order valence-electron chi connectivity index (χ4n) is 3.92. The van der Waals surface area contributed by atoms with Crippen LogP contribution in [0.4, 0.5) is 9.18 Å². The highest BCUT2D eigenvalue weighted by Gasteiger charge is 2.63. The summed E-state index contributed by atoms with van der Waals surface area (Å²) in [6, 6.07) is 1.42. The van der Waals surface area contributed by atoms with E-state index in [0.29, 0.717) is 25.7 Å². The van der Waals surface area contributed by atoms with Crippen LogP contribution < -0.4 is 0 Å². The standard InChI is InChI=1S/C14H17FN2O3/c1-13-3-5-14(6-4-13,17(13)12(19)20)11(18)9-2-7-16-8-10(9)15/h2,7-8,11,18H,3-6H2,1H3,(H,19,20)/t11-,13?,14?/m1/s1. The van der Waals surface area contributed by atoms with Gasteiger partial charge in [0, 0.05) is 17.3 Å². The van der Waals surface area contributed by atoms with Crippen molar-refractivity contribution in [1.82, 2.24) is 9.88 Å². The van der Waals surface area contributed by atoms with E-state index in [4.69, 9.17) is 0 Å². The number of hydrogen-bond donors (Lipinski definition) is 2. The molecule has 0 saturated carbocycles. The van der Waals surface area contributed by atoms with E-state index in [1.54, 1.807) is 0 Å². The van der Waals surface area contributed by atoms with Crippen molar-refractivity contribution in [1.29, 1.82) is 0 Å². The fourth-order valence-corrected chi connectivity index (χ4v) is 3.92. The number of aliphatic hydroxyl groups excluding tert-OH is 1. The van der Waals surface area contributed by atoms with Gasteiger partial charge in [0.05, 0.1) is 11.7 Å². The summed E-state index contributed by atoms with van der Waals surface area (Å²) in [6.07, 6.45) is 2.75. The average Bonchev–Trinajstić information content (AvgIpc) is 2.88. The minimum absolute atomic E-state index is 0.123. The second-order valence-electron chi connectivity index (χ2n) is 6.02. The van der Waals surface area contributed by atoms with Gasteiger partial charge in [0.2, 0.25) is 0 Å². The van der Waals surface area contributed by atoms with Crippen molar-refractivity contribution < 1.29 is 19.4 Å². The Bertz CT molecular complexity index is 555. The number of nitrogens with zero attached hydrogens (tertiary/aromatic N) is 2. The van der Waals surface area contributed by atoms with E-state index in [0.717, 1.165) is 6.20 Å². The molecule has 1 atom stereocenters. The van der Waals surface area contributed by atoms with E-state index in [1.165, 1.54) is 17.2 Å². The van der Waals surface area contributed by atoms with E-state index < -0.39 is 29.1 Å². The van der Waals surface area contributed by atoms with Crippen LogP contribution in [0, 0.1) is 5.82 Å². The maximum atomic E-state index is 13.8. The zero-order chi connectivity index (χ0) is 14.5. The summed E-state index contributed by atoms with van der Waals surface area (Å²) in [7, 11) is 0. The molecular formula is C14H17FN2O3. The van der Waals surface area contributed by atoms with Crippen LogP contribution in [0.25, 0.3) is 0 Å². The second-order valence-corrected chi connectivity index (χ2v) is 6.02. The van der Waals surface area contributed by atoms with E-state index in [2.05, 4.69) is 4.98 Å². The number of amides is 1. The molecule has 2 fully saturated rings. The van der Waals surface area contributed by atoms with E-state index in [-0.39, 0.29) is 5.56 Å². The molecule has 1 amide bonds. The molecule has 3 heterocycles. The van der Waals surface area contributed by atoms with Crippen LogP contribution in [0.3, 0.4) is 0 Å². The summed E-state index contributed by atoms with van der Waals surface area (Å²) in [4.78, 5) is 16.6. The van der Waals surface area contributed by atoms with Gasteiger partial charge in [-0.25, -0.2) is 9.18 Å². The first kappa shape index (κ1) is 13.3. The molecule has 2 N–H and O–H groups in total. The largest absolute Gasteiger partial charge is 0.465 e. The van der Waals surface area contributed by atoms with Crippen LogP contribution in [-0.2, 0) is 0 Å². The van der Waals surface area contributed by atoms with Gasteiger partial charge in [0.15, 0.2) is 0 Å². The van der Waals surface area contributed by atoms with Crippen LogP contribution in [0.1, 0.15) is 44.3 Å². The van der Waals surface area contributed by atoms with Crippen LogP contribution in [0.2, 0.25) is 0 Å². The molecule has 2 saturated heterocycles. The minimum atomic E-state index is -1.16. The molecule has 2 aliphatic heterocycles. The van der Waals surface area contributed by atoms with Crippen molar-refractivity contribution in [3.63, 3.8) is 0 Å². The highest BCUT2D eigenvalue weighted by atomic mass is 19.1. The molecule has 2 bridgehead atoms. The predicted molar refractivity (Wildman–Crippen MR) is 68.6 cm³/mol. The minimum Gasteiger partial charge on any atom is -0.465 e. The van der Waals surface area contributed by atoms with Gasteiger partial charge in [-0.2, -0.15) is 0 Å². The molecule has 5 nitrogen and oxygen atoms in total. The van der Waals surface area contributed by atoms with E-state index in [1.807, 2.05) is 6.92 Å². The van der Waals surface area contributed by atoms with Crippen molar-refractivity contribution in [3.05, 3.63) is 29.8 Å². The predicted octanol–water partition coefficient (Wildman–Crippen LogP) is 2.32. The Balaban J connectivity index is 2.05. The molecule has 1 aromatic rings. The molecular weight excluding hydrogens is 263 g/mol. The highest BCUT2D eigenvalue weighted by molar-refractivity contribution is 5.69. The summed E-state index contributed by atoms with van der Waals surface area (Å²) in [5, 5.41) is 20.1. The van der Waals surface area contributed by atoms with Gasteiger partial charge in [-0.3, -0.25) is 9.88 Å². The van der Waals surface area contributed by atoms with Gasteiger partial charge >= 0.3 is 6.09 Å². The number of aliphatic hydroxyl groups is 1. The first-order valence-corrected chi connectivity index (χ1v) is 6.71. The quantitative estimate of drug-likeness (QED) is 0.872. The molecule has 2 aliphatic rings. The molecule has 1 aromatic heterocycles. The van der Waals surface area contributed by atoms with Crippen molar-refractivity contribution in [2.24, 2.45) is 0 Å². The van der Waals surface area contributed by atoms with Crippen molar-refractivity contribution in [2.45, 2.75) is 49.8 Å². The number of carboxylic acid groups (broad SMARTS) is 1. The number of hydrogen-bond acceptors (Lipinski definition) is 3. The third kappa shape index (κ3) is 1.57. The van der Waals surface area contributed by atoms with Crippen LogP contribution in [0.5, 0.6) is 0 Å². The molecule has 0 aliphatic carbocycles. The maximum absolute atomic E-state index is 13.8. The van der Waals surface area contributed by atoms with E-state index >= 15 is 0 Å². The number of aromatic nitrogens is 1. The number of pyridine rings is 1. The summed E-state index contributed by atoms with van der Waals surface area (Å²) >= 11 is 0. The molecule has 3 rings (SSSR count). The number of halogens is 1. The molecule has 0 spiro atoms. The Labute approximate surface area is 116 Å². The Morgan fingerprint density at radius 3 is 2.65 bits per heavy atom. The molecule has 6 heteroatoms. The Morgan fingerprint density at radius 2 is 2.10 bits per heavy atom. The fraction of sp³-hybridized carbons (Fsp3) is 0.571. The summed E-state index contributed by atoms with van der Waals surface area (Å²) < 4.78 is 13.8. The SMILES string of the molecule is CC12CCC([C@H](O)c3ccncc3F)(CC1)N2C(=O)O. The smallest absolute Gasteiger partial charge is 0.408 e. The topological polar surface area (TPSA) is 73.7 Å². The van der Waals surface area contributed by atoms with Crippen molar-refractivity contribution in [2.75, 3.05) is 0 Å². The molecule has 108 valence electrons. The molecule has 0 radical (unpaired) electrons. The van der Waals surface area contributed by atoms with Crippen LogP contribution >= 0.6 is 0 Å². The number of carbonyl (C=O) groups is 1. The van der Waals surface area contributed by atoms with Crippen LogP contribution in [0.15, 0.2) is 18.5 Å². The second kappa shape index (κ2) is 4.15. The normalized spacial score (nSPS) is 33.5. The first-order chi connectivity index (χ1) is 9.41. The van der Waals surface area contributed by atoms with Crippen molar-refractivity contribution in [3.8, 4) is 0 Å². The Hall–Kier alpha value is -1.69. The first-order valence-electron chi connectivity index (χ1n) is 6.71. The van der Waals surface area contributed by atoms with Crippen molar-refractivity contribution >= 4 is 6.09 Å². The molecule has 0 unspecified atom stereocenters. The van der Waals surface area contributed by atoms with E-state index in [9.17, 15) is 19.4 Å². The summed E-state index contributed by atoms with van der Waals surface area (Å²) in [5.74, 6) is -0.597. The van der Waals surface area contributed by atoms with Gasteiger partial charge in [-0.15, -0.1) is 0 Å². The molecule has 20 heavy (non-hydrogen) atoms. The van der Waals surface area contributed by atoms with Gasteiger partial charge in [0.25, 0.3) is 0 Å². The average molecular weight is 280 g/mol. The third-order valence-electron chi connectivity index (χ3n) is 4.98. The van der Waals surface area contributed by atoms with Gasteiger partial charge < -0.3 is 10.2 Å². The third-order valence-corrected chi connectivity index (χ3v) is 4.98. The lowest BCUT2D eigenvalue weighted by Crippen LogP contribution is -2.52. The summed E-state index contributed by atoms with van der Waals surface area (Å²) in [6.45, 7) is 1.89. The zero-order valence-corrected chi connectivity index (χ0v) is 11.2. The Kier molecular flexibility index (Phi) is 2.76. The number of rotatable bonds is 2. The van der Waals surface area contributed by atoms with Gasteiger partial charge in [0.1, 0.15) is 11.9 Å².